The molecule has 0 bridgehead atoms. The van der Waals surface area contributed by atoms with E-state index in [-0.39, 0.29) is 113 Å². The van der Waals surface area contributed by atoms with Crippen LogP contribution in [0.5, 0.6) is 0 Å². The second-order valence-corrected chi connectivity index (χ2v) is 2.47. The Labute approximate surface area is 142 Å². The standard InChI is InChI=1S/Ba.Ca.4H2O.Ti.Zr.4H/h;;4*1H2;;;;;;/q;;;;;;+4;;;;;/p-4. The minimum Gasteiger partial charge on any atom is 0 e. The van der Waals surface area contributed by atoms with Crippen molar-refractivity contribution < 1.29 is 59.1 Å². The second kappa shape index (κ2) is 11.3. The molecule has 0 fully saturated rings. The molecule has 0 rings (SSSR count). The van der Waals surface area contributed by atoms with Gasteiger partial charge in [-0.3, -0.25) is 0 Å². The van der Waals surface area contributed by atoms with Crippen LogP contribution in [-0.2, 0) is 44.3 Å². The Morgan fingerprint density at radius 1 is 0.875 bits per heavy atom. The molecule has 8 heteroatoms. The van der Waals surface area contributed by atoms with E-state index >= 15 is 0 Å². The minimum absolute atomic E-state index is 0. The molecule has 0 spiro atoms. The van der Waals surface area contributed by atoms with Crippen LogP contribution in [0.3, 0.4) is 0 Å². The van der Waals surface area contributed by atoms with E-state index in [1.807, 2.05) is 0 Å². The van der Waals surface area contributed by atoms with Gasteiger partial charge in [0.15, 0.2) is 0 Å². The van der Waals surface area contributed by atoms with Gasteiger partial charge in [-0.2, -0.15) is 0 Å². The zero-order chi connectivity index (χ0) is 4.50. The normalized spacial score (nSPS) is 7.50. The quantitative estimate of drug-likeness (QED) is 0.319. The van der Waals surface area contributed by atoms with E-state index in [9.17, 15) is 0 Å². The fourth-order valence-corrected chi connectivity index (χ4v) is 0. The number of hydrogen-bond donors (Lipinski definition) is 4. The number of hydrogen-bond acceptors (Lipinski definition) is 4. The summed E-state index contributed by atoms with van der Waals surface area (Å²) in [5, 5.41) is 0. The van der Waals surface area contributed by atoms with Crippen LogP contribution in [0, 0.1) is 0 Å². The Balaban J connectivity index is -0.0000000267. The fraction of sp³-hybridized carbons (Fsp3) is 0. The summed E-state index contributed by atoms with van der Waals surface area (Å²) in [6, 6.07) is 0. The maximum absolute atomic E-state index is 7.38. The van der Waals surface area contributed by atoms with Crippen molar-refractivity contribution in [3.63, 3.8) is 0 Å². The Kier molecular flexibility index (Phi) is 32.1. The predicted molar refractivity (Wildman–Crippen MR) is 26.0 cm³/mol. The fourth-order valence-electron chi connectivity index (χ4n) is 0. The number of rotatable bonds is 0. The third-order valence-electron chi connectivity index (χ3n) is 0. The molecule has 4 nitrogen and oxygen atoms in total. The molecule has 0 amide bonds. The Morgan fingerprint density at radius 3 is 0.875 bits per heavy atom. The van der Waals surface area contributed by atoms with Crippen molar-refractivity contribution in [3.05, 3.63) is 0 Å². The van der Waals surface area contributed by atoms with Crippen LogP contribution < -0.4 is 0 Å². The SMILES string of the molecule is [BaH2].[CaH2].[OH][Ti]([OH])([OH])[OH].[Zr]. The van der Waals surface area contributed by atoms with Crippen molar-refractivity contribution in [1.29, 1.82) is 0 Å². The van der Waals surface area contributed by atoms with Gasteiger partial charge in [-0.05, 0) is 0 Å². The van der Waals surface area contributed by atoms with Crippen LogP contribution in [-0.4, -0.2) is 101 Å². The van der Waals surface area contributed by atoms with Crippen molar-refractivity contribution in [2.24, 2.45) is 0 Å². The first-order valence-electron chi connectivity index (χ1n) is 0.894. The van der Waals surface area contributed by atoms with Crippen LogP contribution in [0.15, 0.2) is 0 Å². The predicted octanol–water partition coefficient (Wildman–Crippen LogP) is -4.07. The summed E-state index contributed by atoms with van der Waals surface area (Å²) in [6.07, 6.45) is 0. The topological polar surface area (TPSA) is 80.9 Å². The smallest absolute Gasteiger partial charge is 0 e. The zero-order valence-electron chi connectivity index (χ0n) is 2.79. The van der Waals surface area contributed by atoms with Crippen molar-refractivity contribution in [2.75, 3.05) is 0 Å². The minimum atomic E-state index is -5.00. The van der Waals surface area contributed by atoms with Gasteiger partial charge in [-0.15, -0.1) is 0 Å². The summed E-state index contributed by atoms with van der Waals surface area (Å²) in [6.45, 7) is 0. The van der Waals surface area contributed by atoms with Gasteiger partial charge < -0.3 is 0 Å². The van der Waals surface area contributed by atoms with E-state index in [2.05, 4.69) is 0 Å². The summed E-state index contributed by atoms with van der Waals surface area (Å²) >= 11 is -5.00. The molecule has 8 heavy (non-hydrogen) atoms. The Hall–Kier alpha value is 4.27. The third-order valence-corrected chi connectivity index (χ3v) is 0. The van der Waals surface area contributed by atoms with E-state index in [0.717, 1.165) is 0 Å². The summed E-state index contributed by atoms with van der Waals surface area (Å²) < 4.78 is 29.5. The first-order chi connectivity index (χ1) is 2.00. The van der Waals surface area contributed by atoms with Gasteiger partial charge >= 0.3 is 120 Å². The van der Waals surface area contributed by atoms with Crippen LogP contribution in [0.25, 0.3) is 0 Å². The van der Waals surface area contributed by atoms with E-state index < -0.39 is 18.1 Å². The van der Waals surface area contributed by atoms with Crippen LogP contribution >= 0.6 is 0 Å². The first kappa shape index (κ1) is 22.8. The molecule has 0 atom stereocenters. The molecule has 0 aliphatic carbocycles. The van der Waals surface area contributed by atoms with Gasteiger partial charge in [0.25, 0.3) is 0 Å². The molecular weight excluding hydrogens is 380 g/mol. The van der Waals surface area contributed by atoms with E-state index in [1.165, 1.54) is 0 Å². The van der Waals surface area contributed by atoms with Crippen molar-refractivity contribution in [3.8, 4) is 0 Å². The van der Waals surface area contributed by atoms with Crippen LogP contribution in [0.2, 0.25) is 0 Å². The average Bonchev–Trinajstić information content (AvgIpc) is 0.722. The van der Waals surface area contributed by atoms with Gasteiger partial charge in [0.05, 0.1) is 0 Å². The van der Waals surface area contributed by atoms with Gasteiger partial charge in [0, 0.05) is 26.2 Å². The molecule has 0 saturated heterocycles. The van der Waals surface area contributed by atoms with E-state index in [1.54, 1.807) is 0 Å². The van der Waals surface area contributed by atoms with Crippen LogP contribution in [0.4, 0.5) is 0 Å². The zero-order valence-corrected chi connectivity index (χ0v) is 6.81. The van der Waals surface area contributed by atoms with Crippen LogP contribution in [0.1, 0.15) is 0 Å². The molecule has 0 aromatic rings. The Morgan fingerprint density at radius 2 is 0.875 bits per heavy atom. The molecule has 0 aromatic carbocycles. The van der Waals surface area contributed by atoms with Crippen molar-refractivity contribution >= 4 is 86.6 Å². The van der Waals surface area contributed by atoms with Gasteiger partial charge in [-0.1, -0.05) is 0 Å². The van der Waals surface area contributed by atoms with Gasteiger partial charge in [0.1, 0.15) is 0 Å². The molecule has 44 valence electrons. The summed E-state index contributed by atoms with van der Waals surface area (Å²) in [5.41, 5.74) is 0. The maximum atomic E-state index is 7.38. The molecular formula is H8BaCaO4TiZr. The van der Waals surface area contributed by atoms with Crippen molar-refractivity contribution in [1.82, 2.24) is 0 Å². The largest absolute Gasteiger partial charge is 0 e. The molecule has 0 aromatic heterocycles. The van der Waals surface area contributed by atoms with Crippen molar-refractivity contribution in [2.45, 2.75) is 0 Å². The average molecular weight is 389 g/mol. The molecule has 4 N–H and O–H groups in total. The summed E-state index contributed by atoms with van der Waals surface area (Å²) in [4.78, 5) is 0. The van der Waals surface area contributed by atoms with Gasteiger partial charge in [0.2, 0.25) is 0 Å². The first-order valence-corrected chi connectivity index (χ1v) is 3.69. The second-order valence-electron chi connectivity index (χ2n) is 0.600. The molecule has 0 heterocycles. The third kappa shape index (κ3) is 48.4. The molecule has 0 unspecified atom stereocenters. The van der Waals surface area contributed by atoms with Gasteiger partial charge in [-0.25, -0.2) is 0 Å². The van der Waals surface area contributed by atoms with E-state index in [4.69, 9.17) is 14.8 Å². The molecule has 0 saturated carbocycles. The molecule has 0 aliphatic heterocycles. The Bertz CT molecular complexity index is 31.5. The summed E-state index contributed by atoms with van der Waals surface area (Å²) in [7, 11) is 0. The molecule has 0 aliphatic rings. The maximum Gasteiger partial charge on any atom is 0 e. The monoisotopic (exact) mass is 388 g/mol. The van der Waals surface area contributed by atoms with E-state index in [0.29, 0.717) is 0 Å². The molecule has 0 radical (unpaired) electrons. The summed E-state index contributed by atoms with van der Waals surface area (Å²) in [5.74, 6) is 0.